The molecule has 0 bridgehead atoms. The topological polar surface area (TPSA) is 76.2 Å². The zero-order valence-electron chi connectivity index (χ0n) is 12.4. The number of nitrogens with one attached hydrogen (secondary N) is 1. The lowest BCUT2D eigenvalue weighted by atomic mass is 9.98. The van der Waals surface area contributed by atoms with E-state index >= 15 is 0 Å². The van der Waals surface area contributed by atoms with Gasteiger partial charge in [-0.2, -0.15) is 5.10 Å². The second kappa shape index (κ2) is 6.21. The lowest BCUT2D eigenvalue weighted by molar-refractivity contribution is -0.384. The Bertz CT molecular complexity index is 479. The van der Waals surface area contributed by atoms with Gasteiger partial charge in [0.15, 0.2) is 0 Å². The van der Waals surface area contributed by atoms with Gasteiger partial charge < -0.3 is 10.2 Å². The van der Waals surface area contributed by atoms with Crippen LogP contribution in [0, 0.1) is 16.0 Å². The Morgan fingerprint density at radius 1 is 1.50 bits per heavy atom. The monoisotopic (exact) mass is 281 g/mol. The maximum absolute atomic E-state index is 11.3. The minimum Gasteiger partial charge on any atom is -0.354 e. The van der Waals surface area contributed by atoms with Crippen molar-refractivity contribution < 1.29 is 4.92 Å². The van der Waals surface area contributed by atoms with Crippen molar-refractivity contribution in [3.8, 4) is 0 Å². The van der Waals surface area contributed by atoms with Crippen molar-refractivity contribution in [2.45, 2.75) is 26.2 Å². The van der Waals surface area contributed by atoms with Crippen LogP contribution in [-0.4, -0.2) is 41.4 Å². The van der Waals surface area contributed by atoms with Gasteiger partial charge in [0, 0.05) is 20.6 Å². The van der Waals surface area contributed by atoms with Gasteiger partial charge in [-0.15, -0.1) is 0 Å². The molecule has 0 amide bonds. The molecule has 0 radical (unpaired) electrons. The molecule has 1 fully saturated rings. The molecule has 1 aliphatic rings. The van der Waals surface area contributed by atoms with E-state index in [1.54, 1.807) is 11.7 Å². The number of aromatic nitrogens is 2. The second-order valence-corrected chi connectivity index (χ2v) is 5.43. The highest BCUT2D eigenvalue weighted by Crippen LogP contribution is 2.32. The van der Waals surface area contributed by atoms with Gasteiger partial charge in [-0.05, 0) is 38.3 Å². The quantitative estimate of drug-likeness (QED) is 0.651. The zero-order chi connectivity index (χ0) is 14.7. The molecule has 1 N–H and O–H groups in total. The molecule has 0 saturated carbocycles. The smallest absolute Gasteiger partial charge is 0.334 e. The number of hydrogen-bond donors (Lipinski definition) is 1. The predicted octanol–water partition coefficient (Wildman–Crippen LogP) is 1.33. The third kappa shape index (κ3) is 2.92. The molecule has 0 atom stereocenters. The number of aryl methyl sites for hydroxylation is 2. The number of nitrogens with zero attached hydrogens (tertiary/aromatic N) is 4. The van der Waals surface area contributed by atoms with Crippen LogP contribution in [0.15, 0.2) is 0 Å². The lowest BCUT2D eigenvalue weighted by Gasteiger charge is -2.28. The van der Waals surface area contributed by atoms with Crippen LogP contribution in [-0.2, 0) is 13.5 Å². The molecule has 1 aromatic rings. The van der Waals surface area contributed by atoms with E-state index in [2.05, 4.69) is 10.4 Å². The van der Waals surface area contributed by atoms with Gasteiger partial charge in [-0.1, -0.05) is 6.92 Å². The maximum atomic E-state index is 11.3. The minimum atomic E-state index is -0.305. The van der Waals surface area contributed by atoms with Gasteiger partial charge >= 0.3 is 5.69 Å². The first-order valence-corrected chi connectivity index (χ1v) is 7.16. The van der Waals surface area contributed by atoms with Gasteiger partial charge in [-0.3, -0.25) is 10.1 Å². The van der Waals surface area contributed by atoms with Crippen molar-refractivity contribution in [2.24, 2.45) is 13.0 Å². The first-order valence-electron chi connectivity index (χ1n) is 7.16. The summed E-state index contributed by atoms with van der Waals surface area (Å²) < 4.78 is 1.64. The van der Waals surface area contributed by atoms with E-state index in [-0.39, 0.29) is 10.6 Å². The molecule has 0 unspecified atom stereocenters. The van der Waals surface area contributed by atoms with E-state index in [0.29, 0.717) is 23.9 Å². The van der Waals surface area contributed by atoms with E-state index in [1.165, 1.54) is 0 Å². The SMILES string of the molecule is CCc1nn(C)c(N(C)CC2CCNCC2)c1[N+](=O)[O-]. The van der Waals surface area contributed by atoms with Crippen LogP contribution >= 0.6 is 0 Å². The fraction of sp³-hybridized carbons (Fsp3) is 0.769. The van der Waals surface area contributed by atoms with Gasteiger partial charge in [0.05, 0.1) is 4.92 Å². The summed E-state index contributed by atoms with van der Waals surface area (Å²) in [4.78, 5) is 13.0. The normalized spacial score (nSPS) is 16.4. The molecule has 1 aliphatic heterocycles. The van der Waals surface area contributed by atoms with Gasteiger partial charge in [0.2, 0.25) is 5.82 Å². The summed E-state index contributed by atoms with van der Waals surface area (Å²) >= 11 is 0. The first kappa shape index (κ1) is 14.8. The predicted molar refractivity (Wildman–Crippen MR) is 78.1 cm³/mol. The Labute approximate surface area is 119 Å². The molecule has 7 nitrogen and oxygen atoms in total. The molecule has 2 heterocycles. The van der Waals surface area contributed by atoms with Crippen LogP contribution in [0.2, 0.25) is 0 Å². The Morgan fingerprint density at radius 3 is 2.70 bits per heavy atom. The van der Waals surface area contributed by atoms with Crippen molar-refractivity contribution in [3.63, 3.8) is 0 Å². The fourth-order valence-electron chi connectivity index (χ4n) is 2.95. The summed E-state index contributed by atoms with van der Waals surface area (Å²) in [5, 5.41) is 19.0. The average molecular weight is 281 g/mol. The molecule has 0 aliphatic carbocycles. The Kier molecular flexibility index (Phi) is 4.59. The first-order chi connectivity index (χ1) is 9.54. The summed E-state index contributed by atoms with van der Waals surface area (Å²) in [5.41, 5.74) is 0.719. The van der Waals surface area contributed by atoms with E-state index < -0.39 is 0 Å². The summed E-state index contributed by atoms with van der Waals surface area (Å²) in [6, 6.07) is 0. The lowest BCUT2D eigenvalue weighted by Crippen LogP contribution is -2.35. The molecule has 2 rings (SSSR count). The zero-order valence-corrected chi connectivity index (χ0v) is 12.4. The van der Waals surface area contributed by atoms with Crippen LogP contribution in [0.1, 0.15) is 25.5 Å². The highest BCUT2D eigenvalue weighted by atomic mass is 16.6. The van der Waals surface area contributed by atoms with Crippen molar-refractivity contribution in [1.29, 1.82) is 0 Å². The number of piperidine rings is 1. The highest BCUT2D eigenvalue weighted by Gasteiger charge is 2.29. The van der Waals surface area contributed by atoms with E-state index in [1.807, 2.05) is 18.9 Å². The number of rotatable bonds is 5. The second-order valence-electron chi connectivity index (χ2n) is 5.43. The minimum absolute atomic E-state index is 0.159. The molecule has 0 aromatic carbocycles. The molecular weight excluding hydrogens is 258 g/mol. The summed E-state index contributed by atoms with van der Waals surface area (Å²) in [6.07, 6.45) is 2.82. The van der Waals surface area contributed by atoms with Crippen molar-refractivity contribution >= 4 is 11.5 Å². The number of anilines is 1. The third-order valence-electron chi connectivity index (χ3n) is 3.93. The van der Waals surface area contributed by atoms with Gasteiger partial charge in [0.1, 0.15) is 5.69 Å². The largest absolute Gasteiger partial charge is 0.354 e. The molecule has 1 aromatic heterocycles. The molecule has 0 spiro atoms. The van der Waals surface area contributed by atoms with Gasteiger partial charge in [-0.25, -0.2) is 4.68 Å². The fourth-order valence-corrected chi connectivity index (χ4v) is 2.95. The van der Waals surface area contributed by atoms with Crippen LogP contribution in [0.5, 0.6) is 0 Å². The van der Waals surface area contributed by atoms with Crippen LogP contribution in [0.3, 0.4) is 0 Å². The Hall–Kier alpha value is -1.63. The van der Waals surface area contributed by atoms with Crippen LogP contribution < -0.4 is 10.2 Å². The Morgan fingerprint density at radius 2 is 2.15 bits per heavy atom. The summed E-state index contributed by atoms with van der Waals surface area (Å²) in [5.74, 6) is 1.20. The summed E-state index contributed by atoms with van der Waals surface area (Å²) in [7, 11) is 3.70. The molecule has 112 valence electrons. The standard InChI is InChI=1S/C13H23N5O2/c1-4-11-12(18(19)20)13(17(3)15-11)16(2)9-10-5-7-14-8-6-10/h10,14H,4-9H2,1-3H3. The number of hydrogen-bond acceptors (Lipinski definition) is 5. The van der Waals surface area contributed by atoms with E-state index in [0.717, 1.165) is 32.5 Å². The Balaban J connectivity index is 2.21. The third-order valence-corrected chi connectivity index (χ3v) is 3.93. The molecular formula is C13H23N5O2. The molecule has 20 heavy (non-hydrogen) atoms. The van der Waals surface area contributed by atoms with Crippen molar-refractivity contribution in [1.82, 2.24) is 15.1 Å². The molecule has 7 heteroatoms. The van der Waals surface area contributed by atoms with E-state index in [9.17, 15) is 10.1 Å². The van der Waals surface area contributed by atoms with E-state index in [4.69, 9.17) is 0 Å². The average Bonchev–Trinajstić information content (AvgIpc) is 2.77. The van der Waals surface area contributed by atoms with Crippen molar-refractivity contribution in [2.75, 3.05) is 31.6 Å². The molecule has 1 saturated heterocycles. The van der Waals surface area contributed by atoms with Crippen molar-refractivity contribution in [3.05, 3.63) is 15.8 Å². The summed E-state index contributed by atoms with van der Waals surface area (Å²) in [6.45, 7) is 4.80. The number of nitro groups is 1. The van der Waals surface area contributed by atoms with Crippen LogP contribution in [0.25, 0.3) is 0 Å². The maximum Gasteiger partial charge on any atom is 0.334 e. The highest BCUT2D eigenvalue weighted by molar-refractivity contribution is 5.61. The van der Waals surface area contributed by atoms with Crippen LogP contribution in [0.4, 0.5) is 11.5 Å². The van der Waals surface area contributed by atoms with Gasteiger partial charge in [0.25, 0.3) is 0 Å².